The summed E-state index contributed by atoms with van der Waals surface area (Å²) in [7, 11) is 0. The number of non-ortho nitro benzene ring substituents is 1. The molecule has 168 valence electrons. The molecule has 3 rings (SSSR count). The van der Waals surface area contributed by atoms with Crippen molar-refractivity contribution >= 4 is 51.2 Å². The topological polar surface area (TPSA) is 180 Å². The van der Waals surface area contributed by atoms with Gasteiger partial charge in [0.15, 0.2) is 0 Å². The molecule has 1 fully saturated rings. The Kier molecular flexibility index (Phi) is 6.93. The maximum absolute atomic E-state index is 12.5. The van der Waals surface area contributed by atoms with Crippen LogP contribution in [-0.4, -0.2) is 59.8 Å². The fourth-order valence-electron chi connectivity index (χ4n) is 3.23. The van der Waals surface area contributed by atoms with Crippen molar-refractivity contribution in [3.63, 3.8) is 0 Å². The smallest absolute Gasteiger partial charge is 0.352 e. The molecule has 2 unspecified atom stereocenters. The first-order valence-corrected chi connectivity index (χ1v) is 11.0. The number of allylic oxidation sites excluding steroid dienone is 1. The summed E-state index contributed by atoms with van der Waals surface area (Å²) >= 11 is 4.10. The number of aliphatic hydroxyl groups is 1. The summed E-state index contributed by atoms with van der Waals surface area (Å²) in [6.45, 7) is 0. The fraction of sp³-hybridized carbons (Fsp3) is 0.278. The zero-order chi connectivity index (χ0) is 23.6. The number of carbonyl (C=O) groups is 3. The molecular formula is C18H15BrN4O8S. The highest BCUT2D eigenvalue weighted by atomic mass is 79.9. The Bertz CT molecular complexity index is 1060. The van der Waals surface area contributed by atoms with E-state index in [9.17, 15) is 39.6 Å². The second-order valence-electron chi connectivity index (χ2n) is 6.73. The van der Waals surface area contributed by atoms with Crippen molar-refractivity contribution in [2.24, 2.45) is 5.18 Å². The van der Waals surface area contributed by atoms with Crippen LogP contribution in [0.4, 0.5) is 5.69 Å². The third-order valence-corrected chi connectivity index (χ3v) is 6.70. The van der Waals surface area contributed by atoms with E-state index in [2.05, 4.69) is 26.4 Å². The number of nitrogens with zero attached hydrogens (tertiary/aromatic N) is 3. The Morgan fingerprint density at radius 3 is 2.47 bits per heavy atom. The second-order valence-corrected chi connectivity index (χ2v) is 8.65. The number of benzene rings is 1. The van der Waals surface area contributed by atoms with Crippen LogP contribution in [0, 0.1) is 15.0 Å². The van der Waals surface area contributed by atoms with Crippen molar-refractivity contribution in [2.75, 3.05) is 5.33 Å². The van der Waals surface area contributed by atoms with Gasteiger partial charge in [-0.3, -0.25) is 24.6 Å². The average Bonchev–Trinajstić information content (AvgIpc) is 2.77. The quantitative estimate of drug-likeness (QED) is 0.0864. The molecule has 0 aliphatic carbocycles. The van der Waals surface area contributed by atoms with E-state index in [4.69, 9.17) is 0 Å². The van der Waals surface area contributed by atoms with E-state index in [0.717, 1.165) is 4.90 Å². The van der Waals surface area contributed by atoms with Gasteiger partial charge in [0.05, 0.1) is 10.3 Å². The molecule has 1 aromatic carbocycles. The zero-order valence-corrected chi connectivity index (χ0v) is 18.4. The molecule has 2 aliphatic rings. The highest BCUT2D eigenvalue weighted by Crippen LogP contribution is 2.42. The van der Waals surface area contributed by atoms with Crippen LogP contribution in [0.25, 0.3) is 0 Å². The van der Waals surface area contributed by atoms with Crippen LogP contribution >= 0.6 is 27.7 Å². The molecule has 2 heterocycles. The van der Waals surface area contributed by atoms with Gasteiger partial charge < -0.3 is 15.5 Å². The number of carbonyl (C=O) groups excluding carboxylic acids is 2. The van der Waals surface area contributed by atoms with Gasteiger partial charge in [-0.15, -0.1) is 16.7 Å². The molecule has 14 heteroatoms. The molecular weight excluding hydrogens is 512 g/mol. The number of fused-ring (bicyclic) bond motifs is 1. The molecule has 12 nitrogen and oxygen atoms in total. The van der Waals surface area contributed by atoms with Crippen LogP contribution in [0.3, 0.4) is 0 Å². The van der Waals surface area contributed by atoms with Gasteiger partial charge in [-0.25, -0.2) is 4.79 Å². The van der Waals surface area contributed by atoms with Crippen molar-refractivity contribution in [1.82, 2.24) is 10.2 Å². The number of nitroso groups, excluding NO2 is 1. The monoisotopic (exact) mass is 526 g/mol. The van der Waals surface area contributed by atoms with Gasteiger partial charge in [-0.05, 0) is 23.2 Å². The summed E-state index contributed by atoms with van der Waals surface area (Å²) < 4.78 is 0. The van der Waals surface area contributed by atoms with Crippen LogP contribution in [0.2, 0.25) is 0 Å². The highest BCUT2D eigenvalue weighted by molar-refractivity contribution is 9.09. The second kappa shape index (κ2) is 9.48. The SMILES string of the molecule is O=NC(C(=O)NC1C(=O)N2C(C(=O)O)=CC(Cc3ccc([N+](=O)[O-])cc3)S[C@H]12)=C(O)CBr. The summed E-state index contributed by atoms with van der Waals surface area (Å²) in [5.74, 6) is -3.68. The van der Waals surface area contributed by atoms with Crippen molar-refractivity contribution in [1.29, 1.82) is 0 Å². The van der Waals surface area contributed by atoms with E-state index in [0.29, 0.717) is 12.0 Å². The van der Waals surface area contributed by atoms with Gasteiger partial charge in [-0.2, -0.15) is 0 Å². The van der Waals surface area contributed by atoms with Crippen LogP contribution < -0.4 is 5.32 Å². The maximum atomic E-state index is 12.5. The number of carboxylic acid groups (broad SMARTS) is 1. The molecule has 32 heavy (non-hydrogen) atoms. The number of nitro groups is 1. The number of carboxylic acids is 1. The highest BCUT2D eigenvalue weighted by Gasteiger charge is 2.54. The van der Waals surface area contributed by atoms with Crippen molar-refractivity contribution < 1.29 is 29.5 Å². The lowest BCUT2D eigenvalue weighted by molar-refractivity contribution is -0.384. The number of thioether (sulfide) groups is 1. The Morgan fingerprint density at radius 1 is 1.28 bits per heavy atom. The first-order chi connectivity index (χ1) is 15.2. The number of hydrogen-bond donors (Lipinski definition) is 3. The van der Waals surface area contributed by atoms with Gasteiger partial charge in [-0.1, -0.05) is 28.1 Å². The van der Waals surface area contributed by atoms with E-state index in [1.54, 1.807) is 12.1 Å². The molecule has 3 N–H and O–H groups in total. The third kappa shape index (κ3) is 4.50. The Hall–Kier alpha value is -3.26. The molecule has 0 bridgehead atoms. The largest absolute Gasteiger partial charge is 0.509 e. The molecule has 1 aromatic rings. The van der Waals surface area contributed by atoms with Crippen molar-refractivity contribution in [3.05, 3.63) is 68.1 Å². The molecule has 3 atom stereocenters. The van der Waals surface area contributed by atoms with Crippen LogP contribution in [0.1, 0.15) is 5.56 Å². The number of β-lactam (4-membered cyclic amide) rings is 1. The number of halogens is 1. The minimum Gasteiger partial charge on any atom is -0.509 e. The number of aliphatic carboxylic acids is 1. The molecule has 1 saturated heterocycles. The summed E-state index contributed by atoms with van der Waals surface area (Å²) in [4.78, 5) is 58.6. The van der Waals surface area contributed by atoms with Gasteiger partial charge in [0.25, 0.3) is 17.5 Å². The molecule has 2 amide bonds. The molecule has 0 aromatic heterocycles. The average molecular weight is 527 g/mol. The number of amides is 2. The number of aliphatic hydroxyl groups excluding tert-OH is 1. The van der Waals surface area contributed by atoms with Gasteiger partial charge in [0, 0.05) is 17.4 Å². The van der Waals surface area contributed by atoms with Crippen molar-refractivity contribution in [3.8, 4) is 0 Å². The molecule has 0 radical (unpaired) electrons. The minimum atomic E-state index is -1.32. The maximum Gasteiger partial charge on any atom is 0.352 e. The lowest BCUT2D eigenvalue weighted by Crippen LogP contribution is -2.70. The van der Waals surface area contributed by atoms with E-state index in [1.165, 1.54) is 30.0 Å². The molecule has 2 aliphatic heterocycles. The summed E-state index contributed by atoms with van der Waals surface area (Å²) in [6.07, 6.45) is 1.74. The Labute approximate surface area is 192 Å². The molecule has 0 spiro atoms. The van der Waals surface area contributed by atoms with Gasteiger partial charge in [0.2, 0.25) is 5.70 Å². The Morgan fingerprint density at radius 2 is 1.94 bits per heavy atom. The van der Waals surface area contributed by atoms with E-state index < -0.39 is 50.8 Å². The predicted molar refractivity (Wildman–Crippen MR) is 116 cm³/mol. The Balaban J connectivity index is 1.80. The van der Waals surface area contributed by atoms with E-state index in [1.807, 2.05) is 0 Å². The first kappa shape index (κ1) is 23.4. The van der Waals surface area contributed by atoms with Crippen molar-refractivity contribution in [2.45, 2.75) is 23.1 Å². The third-order valence-electron chi connectivity index (χ3n) is 4.76. The molecule has 0 saturated carbocycles. The number of alkyl halides is 1. The summed E-state index contributed by atoms with van der Waals surface area (Å²) in [5.41, 5.74) is -0.398. The van der Waals surface area contributed by atoms with Crippen LogP contribution in [0.5, 0.6) is 0 Å². The summed E-state index contributed by atoms with van der Waals surface area (Å²) in [5, 5.41) is 33.4. The number of nitrogens with one attached hydrogen (secondary N) is 1. The number of nitro benzene ring substituents is 1. The summed E-state index contributed by atoms with van der Waals surface area (Å²) in [6, 6.07) is 4.66. The lowest BCUT2D eigenvalue weighted by Gasteiger charge is -2.49. The zero-order valence-electron chi connectivity index (χ0n) is 16.0. The van der Waals surface area contributed by atoms with Crippen LogP contribution in [0.15, 0.2) is 52.7 Å². The lowest BCUT2D eigenvalue weighted by atomic mass is 10.0. The van der Waals surface area contributed by atoms with E-state index >= 15 is 0 Å². The van der Waals surface area contributed by atoms with Crippen LogP contribution in [-0.2, 0) is 20.8 Å². The standard InChI is InChI=1S/C18H15BrN4O8S/c19-7-12(24)13(21-29)15(25)20-14-16(26)22-11(18(27)28)6-10(32-17(14)22)5-8-1-3-9(4-2-8)23(30)31/h1-4,6,10,14,17,24H,5,7H2,(H,20,25)(H,27,28)/t10?,14?,17-/m1/s1. The predicted octanol–water partition coefficient (Wildman–Crippen LogP) is 1.81. The fourth-order valence-corrected chi connectivity index (χ4v) is 5.03. The van der Waals surface area contributed by atoms with Gasteiger partial charge >= 0.3 is 5.97 Å². The minimum absolute atomic E-state index is 0.0790. The normalized spacial score (nSPS) is 22.7. The van der Waals surface area contributed by atoms with Gasteiger partial charge in [0.1, 0.15) is 22.9 Å². The first-order valence-electron chi connectivity index (χ1n) is 8.97. The number of hydrogen-bond acceptors (Lipinski definition) is 9. The number of rotatable bonds is 8. The van der Waals surface area contributed by atoms with E-state index in [-0.39, 0.29) is 16.7 Å².